The number of benzene rings is 10. The Morgan fingerprint density at radius 2 is 0.817 bits per heavy atom. The van der Waals surface area contributed by atoms with Crippen LogP contribution in [0.5, 0.6) is 0 Å². The molecule has 0 saturated heterocycles. The number of nitrogens with zero attached hydrogens (tertiary/aromatic N) is 1. The molecular formula is C70H55N. The molecule has 2 saturated carbocycles. The number of para-hydroxylation sites is 1. The van der Waals surface area contributed by atoms with Gasteiger partial charge in [0.25, 0.3) is 0 Å². The largest absolute Gasteiger partial charge is 0.310 e. The number of hydrogen-bond acceptors (Lipinski definition) is 1. The highest BCUT2D eigenvalue weighted by molar-refractivity contribution is 5.99. The zero-order valence-electron chi connectivity index (χ0n) is 40.4. The molecule has 10 aromatic rings. The van der Waals surface area contributed by atoms with E-state index in [1.54, 1.807) is 5.56 Å². The summed E-state index contributed by atoms with van der Waals surface area (Å²) < 4.78 is 0. The lowest BCUT2D eigenvalue weighted by Crippen LogP contribution is -2.32. The second-order valence-electron chi connectivity index (χ2n) is 21.1. The van der Waals surface area contributed by atoms with Crippen molar-refractivity contribution >= 4 is 17.1 Å². The van der Waals surface area contributed by atoms with E-state index < -0.39 is 0 Å². The molecule has 14 rings (SSSR count). The number of anilines is 3. The van der Waals surface area contributed by atoms with Crippen LogP contribution in [-0.2, 0) is 10.8 Å². The summed E-state index contributed by atoms with van der Waals surface area (Å²) in [7, 11) is 0. The minimum absolute atomic E-state index is 0.0604. The Bertz CT molecular complexity index is 3710. The second-order valence-corrected chi connectivity index (χ2v) is 21.1. The van der Waals surface area contributed by atoms with Gasteiger partial charge >= 0.3 is 0 Å². The molecule has 0 heterocycles. The van der Waals surface area contributed by atoms with Gasteiger partial charge in [-0.2, -0.15) is 0 Å². The summed E-state index contributed by atoms with van der Waals surface area (Å²) in [6, 6.07) is 88.9. The van der Waals surface area contributed by atoms with E-state index in [9.17, 15) is 0 Å². The molecule has 3 atom stereocenters. The molecule has 3 unspecified atom stereocenters. The first-order valence-electron chi connectivity index (χ1n) is 25.8. The molecule has 0 radical (unpaired) electrons. The first-order valence-corrected chi connectivity index (χ1v) is 25.8. The molecule has 4 aliphatic carbocycles. The third-order valence-electron chi connectivity index (χ3n) is 17.2. The van der Waals surface area contributed by atoms with E-state index >= 15 is 0 Å². The minimum Gasteiger partial charge on any atom is -0.310 e. The van der Waals surface area contributed by atoms with Crippen LogP contribution in [0, 0.1) is 11.8 Å². The molecule has 340 valence electrons. The van der Waals surface area contributed by atoms with E-state index in [-0.39, 0.29) is 10.8 Å². The number of rotatable bonds is 8. The Morgan fingerprint density at radius 1 is 0.352 bits per heavy atom. The molecule has 1 heteroatoms. The van der Waals surface area contributed by atoms with Crippen molar-refractivity contribution in [1.82, 2.24) is 0 Å². The first-order chi connectivity index (χ1) is 35.0. The Balaban J connectivity index is 0.940. The van der Waals surface area contributed by atoms with Crippen molar-refractivity contribution in [2.45, 2.75) is 50.4 Å². The van der Waals surface area contributed by atoms with Crippen LogP contribution >= 0.6 is 0 Å². The van der Waals surface area contributed by atoms with Crippen LogP contribution in [0.1, 0.15) is 61.8 Å². The Hall–Kier alpha value is -8.00. The van der Waals surface area contributed by atoms with Crippen LogP contribution in [0.15, 0.2) is 237 Å². The Labute approximate surface area is 418 Å². The zero-order chi connectivity index (χ0) is 47.3. The predicted octanol–water partition coefficient (Wildman–Crippen LogP) is 18.9. The van der Waals surface area contributed by atoms with Gasteiger partial charge in [-0.25, -0.2) is 0 Å². The number of fused-ring (bicyclic) bond motifs is 11. The zero-order valence-corrected chi connectivity index (χ0v) is 40.4. The predicted molar refractivity (Wildman–Crippen MR) is 298 cm³/mol. The third-order valence-corrected chi connectivity index (χ3v) is 17.2. The van der Waals surface area contributed by atoms with Crippen molar-refractivity contribution in [3.05, 3.63) is 259 Å². The Morgan fingerprint density at radius 3 is 1.46 bits per heavy atom. The summed E-state index contributed by atoms with van der Waals surface area (Å²) in [5.74, 6) is 1.47. The number of hydrogen-bond donors (Lipinski definition) is 0. The van der Waals surface area contributed by atoms with Crippen molar-refractivity contribution in [2.24, 2.45) is 11.8 Å². The molecule has 4 aliphatic rings. The van der Waals surface area contributed by atoms with E-state index in [1.807, 2.05) is 0 Å². The van der Waals surface area contributed by atoms with E-state index in [0.717, 1.165) is 17.3 Å². The maximum absolute atomic E-state index is 2.60. The highest BCUT2D eigenvalue weighted by Gasteiger charge is 2.56. The van der Waals surface area contributed by atoms with E-state index in [2.05, 4.69) is 255 Å². The molecule has 2 bridgehead atoms. The van der Waals surface area contributed by atoms with Crippen LogP contribution in [0.4, 0.5) is 17.1 Å². The van der Waals surface area contributed by atoms with Crippen LogP contribution < -0.4 is 4.90 Å². The van der Waals surface area contributed by atoms with Gasteiger partial charge in [-0.15, -0.1) is 0 Å². The van der Waals surface area contributed by atoms with Gasteiger partial charge in [0.1, 0.15) is 0 Å². The quantitative estimate of drug-likeness (QED) is 0.147. The van der Waals surface area contributed by atoms with E-state index in [4.69, 9.17) is 0 Å². The molecule has 2 fully saturated rings. The van der Waals surface area contributed by atoms with Gasteiger partial charge in [0.2, 0.25) is 0 Å². The van der Waals surface area contributed by atoms with Crippen LogP contribution in [-0.4, -0.2) is 0 Å². The summed E-state index contributed by atoms with van der Waals surface area (Å²) in [6.45, 7) is 4.78. The van der Waals surface area contributed by atoms with Crippen molar-refractivity contribution < 1.29 is 0 Å². The summed E-state index contributed by atoms with van der Waals surface area (Å²) in [5, 5.41) is 0. The topological polar surface area (TPSA) is 3.24 Å². The van der Waals surface area contributed by atoms with Crippen LogP contribution in [0.3, 0.4) is 0 Å². The maximum Gasteiger partial charge on any atom is 0.0540 e. The van der Waals surface area contributed by atoms with Crippen molar-refractivity contribution in [3.8, 4) is 77.9 Å². The second kappa shape index (κ2) is 16.3. The fourth-order valence-electron chi connectivity index (χ4n) is 14.2. The standard InChI is InChI=1S/C70H55N/c1-69(2)64-32-15-12-28-59(64)63-31-18-30-62(68(63)69)55-24-9-7-22-53(55)48-36-39-50(40-37-48)71(51-41-42-60-58-27-13-16-33-65(58)70(66(60)44-51)45-46-35-38-49(70)43-46)67-34-17-14-29-61(67)57-26-11-10-25-56(57)54-23-8-6-21-52(54)47-19-4-3-5-20-47/h3-34,36-37,39-42,44,46,49H,35,38,43,45H2,1-2H3. The smallest absolute Gasteiger partial charge is 0.0540 e. The average Bonchev–Trinajstić information content (AvgIpc) is 4.19. The molecule has 10 aromatic carbocycles. The lowest BCUT2D eigenvalue weighted by Gasteiger charge is -2.37. The first kappa shape index (κ1) is 41.9. The molecule has 0 N–H and O–H groups in total. The lowest BCUT2D eigenvalue weighted by atomic mass is 9.67. The maximum atomic E-state index is 2.60. The Kier molecular flexibility index (Phi) is 9.62. The summed E-state index contributed by atoms with van der Waals surface area (Å²) in [4.78, 5) is 2.55. The highest BCUT2D eigenvalue weighted by atomic mass is 15.1. The molecule has 0 amide bonds. The normalized spacial score (nSPS) is 18.5. The van der Waals surface area contributed by atoms with Gasteiger partial charge in [-0.3, -0.25) is 0 Å². The van der Waals surface area contributed by atoms with Gasteiger partial charge in [0.05, 0.1) is 5.69 Å². The van der Waals surface area contributed by atoms with E-state index in [0.29, 0.717) is 5.92 Å². The van der Waals surface area contributed by atoms with Gasteiger partial charge in [0.15, 0.2) is 0 Å². The van der Waals surface area contributed by atoms with Crippen molar-refractivity contribution in [1.29, 1.82) is 0 Å². The SMILES string of the molecule is CC1(C)c2ccccc2-c2cccc(-c3ccccc3-c3ccc(N(c4ccc5c(c4)C4(CC6CCC4C6)c4ccccc4-5)c4ccccc4-c4ccccc4-c4ccccc4-c4ccccc4)cc3)c21. The minimum atomic E-state index is -0.122. The van der Waals surface area contributed by atoms with E-state index in [1.165, 1.54) is 126 Å². The van der Waals surface area contributed by atoms with Gasteiger partial charge in [0, 0.05) is 27.8 Å². The molecule has 71 heavy (non-hydrogen) atoms. The summed E-state index contributed by atoms with van der Waals surface area (Å²) in [6.07, 6.45) is 5.27. The summed E-state index contributed by atoms with van der Waals surface area (Å²) in [5.41, 5.74) is 27.2. The van der Waals surface area contributed by atoms with Crippen LogP contribution in [0.2, 0.25) is 0 Å². The lowest BCUT2D eigenvalue weighted by molar-refractivity contribution is 0.327. The van der Waals surface area contributed by atoms with Gasteiger partial charge in [-0.1, -0.05) is 227 Å². The molecule has 0 aliphatic heterocycles. The molecular weight excluding hydrogens is 855 g/mol. The van der Waals surface area contributed by atoms with Crippen molar-refractivity contribution in [2.75, 3.05) is 4.90 Å². The fraction of sp³-hybridized carbons (Fsp3) is 0.143. The molecule has 1 spiro atoms. The van der Waals surface area contributed by atoms with Gasteiger partial charge in [-0.05, 0) is 156 Å². The monoisotopic (exact) mass is 909 g/mol. The third kappa shape index (κ3) is 6.38. The molecule has 1 nitrogen and oxygen atoms in total. The van der Waals surface area contributed by atoms with Gasteiger partial charge < -0.3 is 4.90 Å². The fourth-order valence-corrected chi connectivity index (χ4v) is 14.2. The highest BCUT2D eigenvalue weighted by Crippen LogP contribution is 2.66. The molecule has 0 aromatic heterocycles. The van der Waals surface area contributed by atoms with Crippen LogP contribution in [0.25, 0.3) is 77.9 Å². The van der Waals surface area contributed by atoms with Crippen molar-refractivity contribution in [3.63, 3.8) is 0 Å². The average molecular weight is 910 g/mol. The summed E-state index contributed by atoms with van der Waals surface area (Å²) >= 11 is 0.